The Morgan fingerprint density at radius 1 is 0.900 bits per heavy atom. The van der Waals surface area contributed by atoms with Crippen molar-refractivity contribution in [1.82, 2.24) is 10.2 Å². The van der Waals surface area contributed by atoms with Crippen LogP contribution in [0.5, 0.6) is 0 Å². The zero-order valence-corrected chi connectivity index (χ0v) is 11.4. The second-order valence-electron chi connectivity index (χ2n) is 4.80. The molecular formula is C16H15N3O. The molecule has 0 aliphatic heterocycles. The predicted octanol–water partition coefficient (Wildman–Crippen LogP) is 3.60. The molecule has 2 N–H and O–H groups in total. The SMILES string of the molecule is Cc1cc(C)c(-c2nnc(-c3ccccc3)o2)cc1N. The number of nitrogen functional groups attached to an aromatic ring is 1. The fourth-order valence-electron chi connectivity index (χ4n) is 2.13. The Morgan fingerprint density at radius 3 is 2.35 bits per heavy atom. The monoisotopic (exact) mass is 265 g/mol. The molecule has 100 valence electrons. The first-order valence-electron chi connectivity index (χ1n) is 6.41. The van der Waals surface area contributed by atoms with Crippen molar-refractivity contribution in [3.8, 4) is 22.9 Å². The minimum atomic E-state index is 0.494. The molecule has 0 radical (unpaired) electrons. The predicted molar refractivity (Wildman–Crippen MR) is 79.1 cm³/mol. The number of rotatable bonds is 2. The summed E-state index contributed by atoms with van der Waals surface area (Å²) in [4.78, 5) is 0. The van der Waals surface area contributed by atoms with Gasteiger partial charge in [-0.25, -0.2) is 0 Å². The summed E-state index contributed by atoms with van der Waals surface area (Å²) in [5.74, 6) is 1.01. The van der Waals surface area contributed by atoms with Gasteiger partial charge >= 0.3 is 0 Å². The Labute approximate surface area is 117 Å². The molecule has 4 nitrogen and oxygen atoms in total. The number of anilines is 1. The van der Waals surface area contributed by atoms with Crippen molar-refractivity contribution in [2.24, 2.45) is 0 Å². The molecular weight excluding hydrogens is 250 g/mol. The van der Waals surface area contributed by atoms with Gasteiger partial charge in [-0.3, -0.25) is 0 Å². The van der Waals surface area contributed by atoms with Gasteiger partial charge in [0, 0.05) is 16.8 Å². The highest BCUT2D eigenvalue weighted by Crippen LogP contribution is 2.29. The maximum Gasteiger partial charge on any atom is 0.248 e. The first-order valence-corrected chi connectivity index (χ1v) is 6.41. The fourth-order valence-corrected chi connectivity index (χ4v) is 2.13. The van der Waals surface area contributed by atoms with Crippen LogP contribution in [0.15, 0.2) is 46.9 Å². The highest BCUT2D eigenvalue weighted by molar-refractivity contribution is 5.67. The molecule has 0 bridgehead atoms. The summed E-state index contributed by atoms with van der Waals surface area (Å²) in [6, 6.07) is 13.6. The van der Waals surface area contributed by atoms with E-state index >= 15 is 0 Å². The molecule has 3 aromatic rings. The second-order valence-corrected chi connectivity index (χ2v) is 4.80. The van der Waals surface area contributed by atoms with Gasteiger partial charge in [0.05, 0.1) is 0 Å². The van der Waals surface area contributed by atoms with Gasteiger partial charge in [-0.2, -0.15) is 0 Å². The van der Waals surface area contributed by atoms with Crippen molar-refractivity contribution in [3.63, 3.8) is 0 Å². The van der Waals surface area contributed by atoms with E-state index in [4.69, 9.17) is 10.2 Å². The van der Waals surface area contributed by atoms with Gasteiger partial charge in [0.2, 0.25) is 11.8 Å². The van der Waals surface area contributed by atoms with Crippen LogP contribution in [0.2, 0.25) is 0 Å². The lowest BCUT2D eigenvalue weighted by Gasteiger charge is -2.05. The summed E-state index contributed by atoms with van der Waals surface area (Å²) < 4.78 is 5.75. The Hall–Kier alpha value is -2.62. The largest absolute Gasteiger partial charge is 0.416 e. The third kappa shape index (κ3) is 2.16. The van der Waals surface area contributed by atoms with Crippen molar-refractivity contribution in [1.29, 1.82) is 0 Å². The van der Waals surface area contributed by atoms with E-state index in [-0.39, 0.29) is 0 Å². The average molecular weight is 265 g/mol. The Kier molecular flexibility index (Phi) is 2.99. The molecule has 0 aliphatic rings. The lowest BCUT2D eigenvalue weighted by Crippen LogP contribution is -1.93. The van der Waals surface area contributed by atoms with E-state index in [1.165, 1.54) is 0 Å². The summed E-state index contributed by atoms with van der Waals surface area (Å²) in [5.41, 5.74) is 10.6. The van der Waals surface area contributed by atoms with Crippen LogP contribution >= 0.6 is 0 Å². The van der Waals surface area contributed by atoms with Crippen molar-refractivity contribution in [2.75, 3.05) is 5.73 Å². The van der Waals surface area contributed by atoms with E-state index in [0.717, 1.165) is 27.9 Å². The molecule has 0 spiro atoms. The van der Waals surface area contributed by atoms with Crippen molar-refractivity contribution in [2.45, 2.75) is 13.8 Å². The fraction of sp³-hybridized carbons (Fsp3) is 0.125. The summed E-state index contributed by atoms with van der Waals surface area (Å²) in [5, 5.41) is 8.22. The third-order valence-electron chi connectivity index (χ3n) is 3.29. The van der Waals surface area contributed by atoms with E-state index in [1.54, 1.807) is 0 Å². The number of aryl methyl sites for hydroxylation is 2. The Balaban J connectivity index is 2.05. The number of aromatic nitrogens is 2. The number of nitrogens with two attached hydrogens (primary N) is 1. The zero-order chi connectivity index (χ0) is 14.1. The van der Waals surface area contributed by atoms with E-state index in [0.29, 0.717) is 11.8 Å². The molecule has 0 fully saturated rings. The van der Waals surface area contributed by atoms with Crippen molar-refractivity contribution < 1.29 is 4.42 Å². The Bertz CT molecular complexity index is 748. The molecule has 0 unspecified atom stereocenters. The van der Waals surface area contributed by atoms with Gasteiger partial charge < -0.3 is 10.2 Å². The standard InChI is InChI=1S/C16H15N3O/c1-10-8-11(2)14(17)9-13(10)16-19-18-15(20-16)12-6-4-3-5-7-12/h3-9H,17H2,1-2H3. The quantitative estimate of drug-likeness (QED) is 0.719. The second kappa shape index (κ2) is 4.81. The van der Waals surface area contributed by atoms with Crippen LogP contribution in [-0.4, -0.2) is 10.2 Å². The van der Waals surface area contributed by atoms with Crippen LogP contribution in [0.1, 0.15) is 11.1 Å². The topological polar surface area (TPSA) is 64.9 Å². The van der Waals surface area contributed by atoms with Gasteiger partial charge in [0.1, 0.15) is 0 Å². The van der Waals surface area contributed by atoms with E-state index < -0.39 is 0 Å². The molecule has 0 aliphatic carbocycles. The van der Waals surface area contributed by atoms with Crippen LogP contribution in [0, 0.1) is 13.8 Å². The number of benzene rings is 2. The van der Waals surface area contributed by atoms with Crippen LogP contribution in [-0.2, 0) is 0 Å². The van der Waals surface area contributed by atoms with E-state index in [9.17, 15) is 0 Å². The molecule has 3 rings (SSSR count). The normalized spacial score (nSPS) is 10.7. The highest BCUT2D eigenvalue weighted by atomic mass is 16.4. The van der Waals surface area contributed by atoms with Gasteiger partial charge in [0.15, 0.2) is 0 Å². The highest BCUT2D eigenvalue weighted by Gasteiger charge is 2.13. The Morgan fingerprint density at radius 2 is 1.60 bits per heavy atom. The van der Waals surface area contributed by atoms with Crippen molar-refractivity contribution in [3.05, 3.63) is 53.6 Å². The summed E-state index contributed by atoms with van der Waals surface area (Å²) in [6.07, 6.45) is 0. The number of hydrogen-bond donors (Lipinski definition) is 1. The zero-order valence-electron chi connectivity index (χ0n) is 11.4. The summed E-state index contributed by atoms with van der Waals surface area (Å²) in [6.45, 7) is 3.99. The minimum absolute atomic E-state index is 0.494. The maximum absolute atomic E-state index is 5.95. The van der Waals surface area contributed by atoms with Crippen LogP contribution in [0.4, 0.5) is 5.69 Å². The van der Waals surface area contributed by atoms with Crippen molar-refractivity contribution >= 4 is 5.69 Å². The molecule has 2 aromatic carbocycles. The smallest absolute Gasteiger partial charge is 0.248 e. The molecule has 1 aromatic heterocycles. The molecule has 0 saturated heterocycles. The van der Waals surface area contributed by atoms with Gasteiger partial charge in [-0.15, -0.1) is 10.2 Å². The van der Waals surface area contributed by atoms with E-state index in [1.807, 2.05) is 56.3 Å². The minimum Gasteiger partial charge on any atom is -0.416 e. The van der Waals surface area contributed by atoms with Crippen LogP contribution in [0.3, 0.4) is 0 Å². The number of nitrogens with zero attached hydrogens (tertiary/aromatic N) is 2. The molecule has 0 saturated carbocycles. The number of hydrogen-bond acceptors (Lipinski definition) is 4. The molecule has 0 amide bonds. The van der Waals surface area contributed by atoms with Crippen LogP contribution < -0.4 is 5.73 Å². The molecule has 1 heterocycles. The van der Waals surface area contributed by atoms with Gasteiger partial charge in [-0.05, 0) is 43.2 Å². The lowest BCUT2D eigenvalue weighted by molar-refractivity contribution is 0.584. The summed E-state index contributed by atoms with van der Waals surface area (Å²) in [7, 11) is 0. The molecule has 0 atom stereocenters. The van der Waals surface area contributed by atoms with Gasteiger partial charge in [-0.1, -0.05) is 24.3 Å². The lowest BCUT2D eigenvalue weighted by atomic mass is 10.0. The van der Waals surface area contributed by atoms with Crippen LogP contribution in [0.25, 0.3) is 22.9 Å². The molecule has 4 heteroatoms. The maximum atomic E-state index is 5.95. The van der Waals surface area contributed by atoms with E-state index in [2.05, 4.69) is 10.2 Å². The average Bonchev–Trinajstić information content (AvgIpc) is 2.93. The summed E-state index contributed by atoms with van der Waals surface area (Å²) >= 11 is 0. The third-order valence-corrected chi connectivity index (χ3v) is 3.29. The first-order chi connectivity index (χ1) is 9.65. The molecule has 20 heavy (non-hydrogen) atoms. The van der Waals surface area contributed by atoms with Gasteiger partial charge in [0.25, 0.3) is 0 Å². The first kappa shape index (κ1) is 12.4.